The second-order valence-electron chi connectivity index (χ2n) is 0.448. The van der Waals surface area contributed by atoms with Crippen molar-refractivity contribution >= 4 is 22.8 Å². The molecule has 0 heterocycles. The number of hydrogen-bond donors (Lipinski definition) is 2. The van der Waals surface area contributed by atoms with Gasteiger partial charge in [-0.1, -0.05) is 0 Å². The molecular formula is H16ClCuNa3O9S. The summed E-state index contributed by atoms with van der Waals surface area (Å²) >= 11 is 0. The molecule has 0 atom stereocenters. The molecule has 97 valence electrons. The van der Waals surface area contributed by atoms with Gasteiger partial charge < -0.3 is 31.7 Å². The molecule has 0 unspecified atom stereocenters. The summed E-state index contributed by atoms with van der Waals surface area (Å²) in [5, 5.41) is 0. The fraction of sp³-hybridized carbons (Fsp3) is 0. The summed E-state index contributed by atoms with van der Waals surface area (Å²) in [5.41, 5.74) is 0. The first-order valence-corrected chi connectivity index (χ1v) is 2.10. The molecule has 15 heavy (non-hydrogen) atoms. The average Bonchev–Trinajstić information content (AvgIpc) is 0.722. The Bertz CT molecular complexity index is 120. The predicted molar refractivity (Wildman–Crippen MR) is 42.8 cm³/mol. The van der Waals surface area contributed by atoms with Crippen LogP contribution >= 0.6 is 12.4 Å². The summed E-state index contributed by atoms with van der Waals surface area (Å²) in [4.78, 5) is 0. The molecule has 0 amide bonds. The minimum Gasteiger partial charge on any atom is -1.00 e. The summed E-state index contributed by atoms with van der Waals surface area (Å²) in [6, 6.07) is 0. The van der Waals surface area contributed by atoms with Gasteiger partial charge in [0.2, 0.25) is 0 Å². The Hall–Kier alpha value is 3.48. The van der Waals surface area contributed by atoms with Gasteiger partial charge in [-0.2, -0.15) is 8.42 Å². The summed E-state index contributed by atoms with van der Waals surface area (Å²) in [6.07, 6.45) is 0. The topological polar surface area (TPSA) is 232 Å². The van der Waals surface area contributed by atoms with Crippen LogP contribution in [-0.2, 0) is 27.5 Å². The zero-order chi connectivity index (χ0) is 4.50. The van der Waals surface area contributed by atoms with E-state index < -0.39 is 10.4 Å². The summed E-state index contributed by atoms with van der Waals surface area (Å²) < 4.78 is 31.6. The van der Waals surface area contributed by atoms with E-state index in [4.69, 9.17) is 17.5 Å². The second-order valence-corrected chi connectivity index (χ2v) is 1.34. The molecule has 0 aliphatic heterocycles. The molecule has 0 fully saturated rings. The molecule has 1 radical (unpaired) electrons. The zero-order valence-electron chi connectivity index (χ0n) is 11.3. The SMILES string of the molecule is Cl.O.O.O.O.O.O=S(=O)(O)O.[Cu].[H-].[H-].[H-].[Na+].[Na+].[Na+]. The van der Waals surface area contributed by atoms with Crippen LogP contribution in [0.2, 0.25) is 0 Å². The normalized spacial score (nSPS) is 3.87. The van der Waals surface area contributed by atoms with E-state index in [1.807, 2.05) is 0 Å². The van der Waals surface area contributed by atoms with Crippen molar-refractivity contribution < 1.29 is 155 Å². The molecule has 15 heteroatoms. The van der Waals surface area contributed by atoms with Gasteiger partial charge in [0.15, 0.2) is 0 Å². The Balaban J connectivity index is -0.00000000103. The largest absolute Gasteiger partial charge is 1.00 e. The molecule has 0 aliphatic carbocycles. The van der Waals surface area contributed by atoms with Crippen molar-refractivity contribution in [3.63, 3.8) is 0 Å². The quantitative estimate of drug-likeness (QED) is 0.316. The molecule has 12 N–H and O–H groups in total. The van der Waals surface area contributed by atoms with Gasteiger partial charge in [-0.05, 0) is 0 Å². The summed E-state index contributed by atoms with van der Waals surface area (Å²) in [7, 11) is -4.67. The van der Waals surface area contributed by atoms with Crippen LogP contribution in [0.4, 0.5) is 0 Å². The first-order chi connectivity index (χ1) is 2.00. The van der Waals surface area contributed by atoms with Gasteiger partial charge in [0.05, 0.1) is 0 Å². The van der Waals surface area contributed by atoms with Gasteiger partial charge in [-0.15, -0.1) is 12.4 Å². The zero-order valence-corrected chi connectivity index (χ0v) is 16.9. The monoisotopic (exact) mass is 359 g/mol. The molecule has 0 saturated heterocycles. The van der Waals surface area contributed by atoms with E-state index in [9.17, 15) is 0 Å². The molecule has 0 aromatic carbocycles. The van der Waals surface area contributed by atoms with Gasteiger partial charge in [0, 0.05) is 17.1 Å². The molecule has 0 saturated carbocycles. The number of rotatable bonds is 0. The third-order valence-corrected chi connectivity index (χ3v) is 0. The minimum absolute atomic E-state index is 0. The third kappa shape index (κ3) is 346. The molecule has 0 bridgehead atoms. The Morgan fingerprint density at radius 3 is 0.733 bits per heavy atom. The Kier molecular flexibility index (Phi) is 355. The standard InChI is InChI=1S/ClH.Cu.3Na.H2O4S.5H2O.3H/c;;;;;1-5(2,3)4;;;;;;;;/h1H;;;;;(H2,1,2,3,4);5*1H2;;;/q;;3*+1;;;;;;;3*-1. The van der Waals surface area contributed by atoms with Crippen molar-refractivity contribution in [2.45, 2.75) is 0 Å². The summed E-state index contributed by atoms with van der Waals surface area (Å²) in [5.74, 6) is 0. The van der Waals surface area contributed by atoms with Gasteiger partial charge in [0.25, 0.3) is 0 Å². The van der Waals surface area contributed by atoms with E-state index in [1.165, 1.54) is 0 Å². The van der Waals surface area contributed by atoms with Crippen LogP contribution in [0.3, 0.4) is 0 Å². The molecule has 0 aromatic rings. The maximum absolute atomic E-state index is 8.74. The van der Waals surface area contributed by atoms with Crippen molar-refractivity contribution in [3.05, 3.63) is 0 Å². The van der Waals surface area contributed by atoms with E-state index in [-0.39, 0.29) is 150 Å². The van der Waals surface area contributed by atoms with Crippen LogP contribution in [-0.4, -0.2) is 44.9 Å². The van der Waals surface area contributed by atoms with Crippen molar-refractivity contribution in [2.24, 2.45) is 0 Å². The van der Waals surface area contributed by atoms with E-state index in [2.05, 4.69) is 0 Å². The smallest absolute Gasteiger partial charge is 1.00 e. The molecule has 9 nitrogen and oxygen atoms in total. The molecular weight excluding hydrogens is 344 g/mol. The van der Waals surface area contributed by atoms with Crippen LogP contribution in [0.25, 0.3) is 0 Å². The molecule has 0 aromatic heterocycles. The fourth-order valence-corrected chi connectivity index (χ4v) is 0. The summed E-state index contributed by atoms with van der Waals surface area (Å²) in [6.45, 7) is 0. The Labute approximate surface area is 175 Å². The fourth-order valence-electron chi connectivity index (χ4n) is 0. The van der Waals surface area contributed by atoms with Gasteiger partial charge >= 0.3 is 99.1 Å². The average molecular weight is 360 g/mol. The number of halogens is 1. The second kappa shape index (κ2) is 52.8. The maximum Gasteiger partial charge on any atom is 1.00 e. The van der Waals surface area contributed by atoms with Crippen molar-refractivity contribution in [3.8, 4) is 0 Å². The molecule has 0 spiro atoms. The Morgan fingerprint density at radius 2 is 0.733 bits per heavy atom. The van der Waals surface area contributed by atoms with Crippen LogP contribution in [0.5, 0.6) is 0 Å². The predicted octanol–water partition coefficient (Wildman–Crippen LogP) is -13.0. The maximum atomic E-state index is 8.74. The molecule has 0 aliphatic rings. The van der Waals surface area contributed by atoms with Gasteiger partial charge in [0.1, 0.15) is 0 Å². The van der Waals surface area contributed by atoms with Gasteiger partial charge in [-0.25, -0.2) is 0 Å². The van der Waals surface area contributed by atoms with Crippen LogP contribution in [0.1, 0.15) is 4.28 Å². The van der Waals surface area contributed by atoms with E-state index >= 15 is 0 Å². The van der Waals surface area contributed by atoms with Crippen molar-refractivity contribution in [2.75, 3.05) is 0 Å². The van der Waals surface area contributed by atoms with E-state index in [0.717, 1.165) is 0 Å². The first-order valence-electron chi connectivity index (χ1n) is 0.698. The third-order valence-electron chi connectivity index (χ3n) is 0. The van der Waals surface area contributed by atoms with E-state index in [1.54, 1.807) is 0 Å². The molecule has 0 rings (SSSR count). The van der Waals surface area contributed by atoms with E-state index in [0.29, 0.717) is 0 Å². The van der Waals surface area contributed by atoms with Crippen molar-refractivity contribution in [1.29, 1.82) is 0 Å². The van der Waals surface area contributed by atoms with Crippen LogP contribution in [0, 0.1) is 0 Å². The number of hydrogen-bond acceptors (Lipinski definition) is 2. The van der Waals surface area contributed by atoms with Crippen molar-refractivity contribution in [1.82, 2.24) is 0 Å². The van der Waals surface area contributed by atoms with Gasteiger partial charge in [-0.3, -0.25) is 9.11 Å². The minimum atomic E-state index is -4.67. The van der Waals surface area contributed by atoms with Crippen LogP contribution < -0.4 is 88.7 Å². The Morgan fingerprint density at radius 1 is 0.733 bits per heavy atom. The van der Waals surface area contributed by atoms with Crippen LogP contribution in [0.15, 0.2) is 0 Å². The first kappa shape index (κ1) is 101.